The Labute approximate surface area is 581 Å². The number of carbonyl (C=O) groups excluding carboxylic acids is 6. The number of nitrogens with one attached hydrogen (secondary N) is 9. The third-order valence-corrected chi connectivity index (χ3v) is 20.3. The van der Waals surface area contributed by atoms with E-state index in [1.54, 1.807) is 47.1 Å². The number of carbonyl (C=O) groups is 7. The molecule has 7 aromatic rings. The highest BCUT2D eigenvalue weighted by Crippen LogP contribution is 2.46. The Kier molecular flexibility index (Phi) is 23.8. The molecule has 0 unspecified atom stereocenters. The normalized spacial score (nSPS) is 14.5. The maximum atomic E-state index is 15.1. The standard InChI is InChI=1S/C74H87N11O12S2/c1-44(2)63(70(91)92)83-69(90)60(35-37-98-9)80-66(87)48(6)79-62(86)40-77-67(88)61(38-52-41-85(43-78-52)74(49-24-13-10-14-25-49,50-26-15-11-16-27-50)51-28-17-12-18-29-51)81-68(89)59(82-72(93)96-42-58-55-32-21-19-30-53(55)54-31-20-22-33-56(54)58)34-23-36-76-71(75)84-99(94,95)65-46(4)45(3)64-57(47(65)5)39-73(7,8)97-64/h10-22,24-33,41,43-44,48,58-61,63H,23,34-40,42H2,1-9H3,(H,77,88)(H,79,86)(H,80,87)(H,81,89)(H,82,93)(H,83,90)(H,91,92)(H3,75,76,84)/t48-,59-,60-,61-,63-/m0/s1. The molecule has 6 amide bonds. The molecule has 1 aromatic heterocycles. The minimum Gasteiger partial charge on any atom is -0.487 e. The van der Waals surface area contributed by atoms with Gasteiger partial charge in [0.2, 0.25) is 35.5 Å². The van der Waals surface area contributed by atoms with Crippen molar-refractivity contribution in [2.45, 2.75) is 140 Å². The second-order valence-electron chi connectivity index (χ2n) is 25.9. The number of alkyl carbamates (subject to hydrolysis) is 1. The fraction of sp³-hybridized carbons (Fsp3) is 0.365. The van der Waals surface area contributed by atoms with E-state index in [0.29, 0.717) is 40.3 Å². The first-order chi connectivity index (χ1) is 47.2. The van der Waals surface area contributed by atoms with E-state index in [9.17, 15) is 42.3 Å². The molecule has 0 spiro atoms. The lowest BCUT2D eigenvalue weighted by atomic mass is 9.77. The summed E-state index contributed by atoms with van der Waals surface area (Å²) >= 11 is 1.41. The number of guanidine groups is 1. The number of benzene rings is 6. The summed E-state index contributed by atoms with van der Waals surface area (Å²) in [6, 6.07) is 38.4. The van der Waals surface area contributed by atoms with Crippen LogP contribution in [0.5, 0.6) is 5.75 Å². The zero-order chi connectivity index (χ0) is 71.3. The van der Waals surface area contributed by atoms with Crippen molar-refractivity contribution >= 4 is 69.3 Å². The van der Waals surface area contributed by atoms with Gasteiger partial charge in [-0.25, -0.2) is 27.7 Å². The van der Waals surface area contributed by atoms with Crippen LogP contribution in [0.1, 0.15) is 116 Å². The summed E-state index contributed by atoms with van der Waals surface area (Å²) in [5, 5.41) is 37.1. The summed E-state index contributed by atoms with van der Waals surface area (Å²) < 4.78 is 44.7. The number of hydrogen-bond donors (Lipinski definition) is 10. The van der Waals surface area contributed by atoms with Crippen molar-refractivity contribution in [3.05, 3.63) is 208 Å². The van der Waals surface area contributed by atoms with E-state index in [1.807, 2.05) is 164 Å². The van der Waals surface area contributed by atoms with Gasteiger partial charge in [0.1, 0.15) is 53.7 Å². The van der Waals surface area contributed by atoms with Crippen molar-refractivity contribution in [1.29, 1.82) is 5.41 Å². The summed E-state index contributed by atoms with van der Waals surface area (Å²) in [7, 11) is -4.32. The van der Waals surface area contributed by atoms with E-state index in [-0.39, 0.29) is 49.6 Å². The third-order valence-electron chi connectivity index (χ3n) is 18.0. The van der Waals surface area contributed by atoms with Crippen molar-refractivity contribution in [3.8, 4) is 16.9 Å². The number of amides is 6. The van der Waals surface area contributed by atoms with Crippen molar-refractivity contribution in [1.82, 2.24) is 51.5 Å². The Morgan fingerprint density at radius 1 is 0.697 bits per heavy atom. The SMILES string of the molecule is CSCC[C@H](NC(=O)[C@H](C)NC(=O)CNC(=O)[C@H](Cc1cn(C(c2ccccc2)(c2ccccc2)c2ccccc2)cn1)NC(=O)[C@H](CCCNC(=N)NS(=O)(=O)c1c(C)c(C)c2c(c1C)CC(C)(C)O2)NC(=O)OCC1c2ccccc2-c2ccccc21)C(=O)N[C@H](C(=O)O)C(C)C. The molecule has 0 bridgehead atoms. The van der Waals surface area contributed by atoms with Gasteiger partial charge in [0.15, 0.2) is 0 Å². The van der Waals surface area contributed by atoms with Crippen LogP contribution >= 0.6 is 11.8 Å². The molecule has 0 saturated heterocycles. The van der Waals surface area contributed by atoms with Crippen LogP contribution in [0.15, 0.2) is 157 Å². The van der Waals surface area contributed by atoms with Crippen LogP contribution in [0.3, 0.4) is 0 Å². The summed E-state index contributed by atoms with van der Waals surface area (Å²) in [4.78, 5) is 102. The van der Waals surface area contributed by atoms with Crippen molar-refractivity contribution in [2.24, 2.45) is 5.92 Å². The lowest BCUT2D eigenvalue weighted by molar-refractivity contribution is -0.143. The van der Waals surface area contributed by atoms with Gasteiger partial charge in [0.05, 0.1) is 23.5 Å². The Morgan fingerprint density at radius 3 is 1.81 bits per heavy atom. The minimum absolute atomic E-state index is 0.0385. The molecule has 522 valence electrons. The summed E-state index contributed by atoms with van der Waals surface area (Å²) in [5.41, 5.74) is 7.72. The second-order valence-corrected chi connectivity index (χ2v) is 28.5. The van der Waals surface area contributed by atoms with E-state index in [2.05, 4.69) is 41.9 Å². The van der Waals surface area contributed by atoms with Gasteiger partial charge in [-0.15, -0.1) is 0 Å². The van der Waals surface area contributed by atoms with Crippen LogP contribution in [-0.2, 0) is 61.9 Å². The number of aromatic nitrogens is 2. The maximum Gasteiger partial charge on any atom is 0.407 e. The number of fused-ring (bicyclic) bond motifs is 4. The Morgan fingerprint density at radius 2 is 1.24 bits per heavy atom. The average Bonchev–Trinajstić information content (AvgIpc) is 1.74. The number of ether oxygens (including phenoxy) is 2. The van der Waals surface area contributed by atoms with E-state index < -0.39 is 111 Å². The number of aliphatic carboxylic acids is 1. The Balaban J connectivity index is 0.976. The minimum atomic E-state index is -4.32. The molecule has 2 aliphatic rings. The molecule has 10 N–H and O–H groups in total. The number of carboxylic acid groups (broad SMARTS) is 1. The van der Waals surface area contributed by atoms with Gasteiger partial charge in [-0.3, -0.25) is 29.4 Å². The van der Waals surface area contributed by atoms with Gasteiger partial charge in [-0.05, 0) is 134 Å². The lowest BCUT2D eigenvalue weighted by Gasteiger charge is -2.37. The van der Waals surface area contributed by atoms with E-state index >= 15 is 4.79 Å². The molecule has 0 radical (unpaired) electrons. The maximum absolute atomic E-state index is 15.1. The van der Waals surface area contributed by atoms with Gasteiger partial charge < -0.3 is 56.4 Å². The van der Waals surface area contributed by atoms with E-state index in [4.69, 9.17) is 19.9 Å². The molecule has 23 nitrogen and oxygen atoms in total. The molecule has 6 aromatic carbocycles. The molecule has 1 aliphatic carbocycles. The molecular formula is C74H87N11O12S2. The van der Waals surface area contributed by atoms with Gasteiger partial charge in [-0.1, -0.05) is 153 Å². The third kappa shape index (κ3) is 17.1. The van der Waals surface area contributed by atoms with E-state index in [1.165, 1.54) is 18.7 Å². The molecule has 0 fully saturated rings. The molecule has 5 atom stereocenters. The largest absolute Gasteiger partial charge is 0.487 e. The molecule has 0 saturated carbocycles. The Hall–Kier alpha value is -10.0. The molecule has 1 aliphatic heterocycles. The number of thioether (sulfide) groups is 1. The van der Waals surface area contributed by atoms with Crippen LogP contribution in [0, 0.1) is 32.1 Å². The van der Waals surface area contributed by atoms with Crippen molar-refractivity contribution in [2.75, 3.05) is 31.7 Å². The highest BCUT2D eigenvalue weighted by molar-refractivity contribution is 7.98. The fourth-order valence-corrected chi connectivity index (χ4v) is 15.0. The van der Waals surface area contributed by atoms with Crippen LogP contribution in [0.2, 0.25) is 0 Å². The summed E-state index contributed by atoms with van der Waals surface area (Å²) in [6.07, 6.45) is 4.53. The average molecular weight is 1390 g/mol. The number of hydrogen-bond acceptors (Lipinski definition) is 14. The topological polar surface area (TPSA) is 330 Å². The summed E-state index contributed by atoms with van der Waals surface area (Å²) in [5.74, 6) is -5.52. The van der Waals surface area contributed by atoms with Gasteiger partial charge in [-0.2, -0.15) is 11.8 Å². The molecular weight excluding hydrogens is 1300 g/mol. The lowest BCUT2D eigenvalue weighted by Crippen LogP contribution is -2.57. The highest BCUT2D eigenvalue weighted by Gasteiger charge is 2.41. The zero-order valence-electron chi connectivity index (χ0n) is 57.0. The first-order valence-corrected chi connectivity index (χ1v) is 35.8. The fourth-order valence-electron chi connectivity index (χ4n) is 13.0. The molecule has 99 heavy (non-hydrogen) atoms. The summed E-state index contributed by atoms with van der Waals surface area (Å²) in [6.45, 7) is 12.8. The highest BCUT2D eigenvalue weighted by atomic mass is 32.2. The second kappa shape index (κ2) is 32.1. The first-order valence-electron chi connectivity index (χ1n) is 32.9. The predicted octanol–water partition coefficient (Wildman–Crippen LogP) is 7.66. The number of nitrogens with zero attached hydrogens (tertiary/aromatic N) is 2. The van der Waals surface area contributed by atoms with Gasteiger partial charge in [0, 0.05) is 37.1 Å². The first kappa shape index (κ1) is 73.2. The molecule has 2 heterocycles. The van der Waals surface area contributed by atoms with Crippen molar-refractivity contribution < 1.29 is 56.6 Å². The van der Waals surface area contributed by atoms with E-state index in [0.717, 1.165) is 44.5 Å². The zero-order valence-corrected chi connectivity index (χ0v) is 58.6. The quantitative estimate of drug-likeness (QED) is 0.00894. The molecule has 25 heteroatoms. The monoisotopic (exact) mass is 1390 g/mol. The van der Waals surface area contributed by atoms with Crippen molar-refractivity contribution in [3.63, 3.8) is 0 Å². The smallest absolute Gasteiger partial charge is 0.407 e. The van der Waals surface area contributed by atoms with Gasteiger partial charge >= 0.3 is 12.1 Å². The number of sulfonamides is 1. The van der Waals surface area contributed by atoms with Crippen LogP contribution in [0.4, 0.5) is 4.79 Å². The van der Waals surface area contributed by atoms with Crippen LogP contribution in [0.25, 0.3) is 11.1 Å². The number of carboxylic acids is 1. The van der Waals surface area contributed by atoms with Gasteiger partial charge in [0.25, 0.3) is 10.0 Å². The molecule has 9 rings (SSSR count). The number of imidazole rings is 1. The number of rotatable bonds is 30. The Bertz CT molecular complexity index is 4090. The predicted molar refractivity (Wildman–Crippen MR) is 379 cm³/mol. The van der Waals surface area contributed by atoms with Crippen LogP contribution in [-0.4, -0.2) is 138 Å². The van der Waals surface area contributed by atoms with Crippen LogP contribution < -0.4 is 46.7 Å².